The largest absolute Gasteiger partial charge is 0.465 e. The van der Waals surface area contributed by atoms with E-state index in [1.165, 1.54) is 4.90 Å². The fraction of sp³-hybridized carbons (Fsp3) is 0.611. The van der Waals surface area contributed by atoms with Gasteiger partial charge in [-0.2, -0.15) is 13.2 Å². The molecule has 0 saturated carbocycles. The Balaban J connectivity index is 1.88. The van der Waals surface area contributed by atoms with E-state index in [9.17, 15) is 27.5 Å². The van der Waals surface area contributed by atoms with Crippen LogP contribution in [0.5, 0.6) is 0 Å². The molecule has 2 aliphatic rings. The molecule has 1 atom stereocenters. The number of amides is 1. The number of halogens is 4. The summed E-state index contributed by atoms with van der Waals surface area (Å²) >= 11 is 0. The molecule has 3 rings (SSSR count). The van der Waals surface area contributed by atoms with Gasteiger partial charge in [0.15, 0.2) is 0 Å². The average molecular weight is 390 g/mol. The number of carboxylic acid groups (broad SMARTS) is 1. The van der Waals surface area contributed by atoms with Crippen molar-refractivity contribution in [3.05, 3.63) is 35.1 Å². The molecule has 27 heavy (non-hydrogen) atoms. The van der Waals surface area contributed by atoms with Crippen molar-refractivity contribution in [1.82, 2.24) is 9.80 Å². The van der Waals surface area contributed by atoms with Gasteiger partial charge in [-0.1, -0.05) is 0 Å². The lowest BCUT2D eigenvalue weighted by Crippen LogP contribution is -2.47. The van der Waals surface area contributed by atoms with Gasteiger partial charge in [0.05, 0.1) is 5.56 Å². The van der Waals surface area contributed by atoms with Crippen molar-refractivity contribution >= 4 is 6.09 Å². The molecular weight excluding hydrogens is 368 g/mol. The van der Waals surface area contributed by atoms with E-state index < -0.39 is 23.7 Å². The Morgan fingerprint density at radius 1 is 1.22 bits per heavy atom. The maximum Gasteiger partial charge on any atom is 0.416 e. The topological polar surface area (TPSA) is 53.0 Å². The van der Waals surface area contributed by atoms with Crippen molar-refractivity contribution in [2.75, 3.05) is 26.3 Å². The van der Waals surface area contributed by atoms with Crippen LogP contribution in [0.25, 0.3) is 0 Å². The summed E-state index contributed by atoms with van der Waals surface area (Å²) < 4.78 is 59.1. The molecule has 150 valence electrons. The van der Waals surface area contributed by atoms with E-state index in [0.29, 0.717) is 39.0 Å². The van der Waals surface area contributed by atoms with Crippen LogP contribution >= 0.6 is 0 Å². The van der Waals surface area contributed by atoms with E-state index >= 15 is 0 Å². The fourth-order valence-corrected chi connectivity index (χ4v) is 3.93. The number of nitrogens with zero attached hydrogens (tertiary/aromatic N) is 2. The molecule has 0 spiro atoms. The zero-order chi connectivity index (χ0) is 19.6. The average Bonchev–Trinajstić information content (AvgIpc) is 3.09. The predicted octanol–water partition coefficient (Wildman–Crippen LogP) is 3.58. The quantitative estimate of drug-likeness (QED) is 0.799. The lowest BCUT2D eigenvalue weighted by Gasteiger charge is -2.38. The monoisotopic (exact) mass is 390 g/mol. The molecule has 2 aliphatic heterocycles. The Morgan fingerprint density at radius 2 is 1.93 bits per heavy atom. The molecule has 2 fully saturated rings. The molecule has 0 aliphatic carbocycles. The van der Waals surface area contributed by atoms with Crippen molar-refractivity contribution in [2.45, 2.75) is 44.1 Å². The number of carbonyl (C=O) groups is 1. The highest BCUT2D eigenvalue weighted by atomic mass is 19.4. The summed E-state index contributed by atoms with van der Waals surface area (Å²) in [6.45, 7) is 1.52. The summed E-state index contributed by atoms with van der Waals surface area (Å²) in [6, 6.07) is 2.28. The van der Waals surface area contributed by atoms with Crippen LogP contribution in [0.15, 0.2) is 18.2 Å². The maximum atomic E-state index is 13.7. The summed E-state index contributed by atoms with van der Waals surface area (Å²) in [5, 5.41) is 9.19. The van der Waals surface area contributed by atoms with Gasteiger partial charge in [-0.3, -0.25) is 4.90 Å². The van der Waals surface area contributed by atoms with Crippen LogP contribution in [0.3, 0.4) is 0 Å². The molecule has 0 unspecified atom stereocenters. The van der Waals surface area contributed by atoms with E-state index in [1.54, 1.807) is 0 Å². The number of hydrogen-bond acceptors (Lipinski definition) is 3. The van der Waals surface area contributed by atoms with Gasteiger partial charge in [0.1, 0.15) is 5.82 Å². The van der Waals surface area contributed by atoms with Crippen LogP contribution in [-0.2, 0) is 17.5 Å². The first-order valence-corrected chi connectivity index (χ1v) is 8.92. The van der Waals surface area contributed by atoms with E-state index in [4.69, 9.17) is 4.74 Å². The Hall–Kier alpha value is -1.87. The van der Waals surface area contributed by atoms with Gasteiger partial charge < -0.3 is 14.7 Å². The van der Waals surface area contributed by atoms with E-state index in [2.05, 4.69) is 0 Å². The number of ether oxygens (including phenoxy) is 1. The zero-order valence-electron chi connectivity index (χ0n) is 14.7. The molecule has 5 nitrogen and oxygen atoms in total. The normalized spacial score (nSPS) is 21.8. The molecule has 1 amide bonds. The molecule has 2 heterocycles. The number of hydrogen-bond donors (Lipinski definition) is 1. The summed E-state index contributed by atoms with van der Waals surface area (Å²) in [5.74, 6) is -0.719. The van der Waals surface area contributed by atoms with E-state index in [-0.39, 0.29) is 30.7 Å². The van der Waals surface area contributed by atoms with Crippen LogP contribution in [0.4, 0.5) is 22.4 Å². The van der Waals surface area contributed by atoms with Crippen LogP contribution in [-0.4, -0.2) is 59.4 Å². The van der Waals surface area contributed by atoms with Gasteiger partial charge in [-0.05, 0) is 43.0 Å². The smallest absolute Gasteiger partial charge is 0.416 e. The molecule has 0 bridgehead atoms. The second-order valence-electron chi connectivity index (χ2n) is 6.99. The molecule has 2 saturated heterocycles. The third kappa shape index (κ3) is 4.70. The Morgan fingerprint density at radius 3 is 2.52 bits per heavy atom. The lowest BCUT2D eigenvalue weighted by molar-refractivity contribution is -0.138. The van der Waals surface area contributed by atoms with Gasteiger partial charge in [0.2, 0.25) is 0 Å². The molecule has 1 aromatic rings. The third-order valence-electron chi connectivity index (χ3n) is 5.29. The third-order valence-corrected chi connectivity index (χ3v) is 5.29. The summed E-state index contributed by atoms with van der Waals surface area (Å²) in [4.78, 5) is 14.4. The minimum absolute atomic E-state index is 0.0261. The van der Waals surface area contributed by atoms with Crippen molar-refractivity contribution in [2.24, 2.45) is 0 Å². The Bertz CT molecular complexity index is 677. The van der Waals surface area contributed by atoms with Gasteiger partial charge in [-0.25, -0.2) is 9.18 Å². The van der Waals surface area contributed by atoms with E-state index in [1.807, 2.05) is 4.90 Å². The van der Waals surface area contributed by atoms with Crippen molar-refractivity contribution in [3.63, 3.8) is 0 Å². The van der Waals surface area contributed by atoms with Crippen LogP contribution in [0, 0.1) is 5.82 Å². The first-order valence-electron chi connectivity index (χ1n) is 8.92. The predicted molar refractivity (Wildman–Crippen MR) is 88.8 cm³/mol. The minimum atomic E-state index is -4.58. The lowest BCUT2D eigenvalue weighted by atomic mass is 10.00. The number of alkyl halides is 3. The molecule has 0 aromatic heterocycles. The summed E-state index contributed by atoms with van der Waals surface area (Å²) in [5.41, 5.74) is -0.975. The van der Waals surface area contributed by atoms with Crippen molar-refractivity contribution < 1.29 is 32.2 Å². The summed E-state index contributed by atoms with van der Waals surface area (Å²) in [6.07, 6.45) is -3.76. The van der Waals surface area contributed by atoms with Gasteiger partial charge in [0.25, 0.3) is 0 Å². The first kappa shape index (κ1) is 19.9. The highest BCUT2D eigenvalue weighted by Gasteiger charge is 2.38. The van der Waals surface area contributed by atoms with Crippen molar-refractivity contribution in [1.29, 1.82) is 0 Å². The zero-order valence-corrected chi connectivity index (χ0v) is 14.7. The second kappa shape index (κ2) is 8.02. The number of rotatable bonds is 4. The van der Waals surface area contributed by atoms with Gasteiger partial charge in [-0.15, -0.1) is 0 Å². The Labute approximate surface area is 154 Å². The fourth-order valence-electron chi connectivity index (χ4n) is 3.93. The van der Waals surface area contributed by atoms with Gasteiger partial charge >= 0.3 is 12.3 Å². The molecule has 0 radical (unpaired) electrons. The highest BCUT2D eigenvalue weighted by Crippen LogP contribution is 2.34. The minimum Gasteiger partial charge on any atom is -0.465 e. The molecule has 1 N–H and O–H groups in total. The Kier molecular flexibility index (Phi) is 5.90. The standard InChI is InChI=1S/C18H22F4N2O3/c19-13-1-2-16(18(20,21)22)12(9-13)10-24(14-4-7-27-8-5-14)15-3-6-23(11-15)17(25)26/h1-2,9,14-15H,3-8,10-11H2,(H,25,26)/t15-/m0/s1. The van der Waals surface area contributed by atoms with Crippen LogP contribution in [0.2, 0.25) is 0 Å². The number of benzene rings is 1. The molecule has 9 heteroatoms. The first-order chi connectivity index (χ1) is 12.8. The van der Waals surface area contributed by atoms with Crippen LogP contribution < -0.4 is 0 Å². The van der Waals surface area contributed by atoms with Crippen molar-refractivity contribution in [3.8, 4) is 0 Å². The molecular formula is C18H22F4N2O3. The molecule has 1 aromatic carbocycles. The van der Waals surface area contributed by atoms with Crippen LogP contribution in [0.1, 0.15) is 30.4 Å². The van der Waals surface area contributed by atoms with Gasteiger partial charge in [0, 0.05) is 44.9 Å². The number of likely N-dealkylation sites (tertiary alicyclic amines) is 1. The highest BCUT2D eigenvalue weighted by molar-refractivity contribution is 5.65. The van der Waals surface area contributed by atoms with E-state index in [0.717, 1.165) is 18.2 Å². The SMILES string of the molecule is O=C(O)N1CC[C@H](N(Cc2cc(F)ccc2C(F)(F)F)C2CCOCC2)C1. The second-order valence-corrected chi connectivity index (χ2v) is 6.99. The maximum absolute atomic E-state index is 13.7. The summed E-state index contributed by atoms with van der Waals surface area (Å²) in [7, 11) is 0.